The fraction of sp³-hybridized carbons (Fsp3) is 0.300. The van der Waals surface area contributed by atoms with Crippen LogP contribution in [-0.2, 0) is 4.79 Å². The molecular formula is C30H31N7O2. The topological polar surface area (TPSA) is 123 Å². The van der Waals surface area contributed by atoms with E-state index >= 15 is 0 Å². The molecule has 1 fully saturated rings. The molecular weight excluding hydrogens is 490 g/mol. The summed E-state index contributed by atoms with van der Waals surface area (Å²) in [6.07, 6.45) is 4.56. The van der Waals surface area contributed by atoms with Crippen LogP contribution in [0.1, 0.15) is 39.7 Å². The van der Waals surface area contributed by atoms with E-state index in [0.717, 1.165) is 11.3 Å². The number of ether oxygens (including phenoxy) is 1. The number of nitriles is 1. The molecule has 9 nitrogen and oxygen atoms in total. The monoisotopic (exact) mass is 521 g/mol. The van der Waals surface area contributed by atoms with Crippen molar-refractivity contribution in [2.75, 3.05) is 18.8 Å². The van der Waals surface area contributed by atoms with Crippen LogP contribution in [0.2, 0.25) is 0 Å². The molecule has 4 aromatic rings. The number of piperidine rings is 1. The first-order valence-corrected chi connectivity index (χ1v) is 13.0. The highest BCUT2D eigenvalue weighted by molar-refractivity contribution is 5.98. The molecule has 3 heterocycles. The number of aromatic nitrogens is 4. The van der Waals surface area contributed by atoms with Gasteiger partial charge in [-0.05, 0) is 54.7 Å². The summed E-state index contributed by atoms with van der Waals surface area (Å²) in [5.74, 6) is 1.62. The Morgan fingerprint density at radius 3 is 2.36 bits per heavy atom. The van der Waals surface area contributed by atoms with Crippen LogP contribution >= 0.6 is 0 Å². The van der Waals surface area contributed by atoms with Gasteiger partial charge in [0.05, 0.1) is 11.4 Å². The van der Waals surface area contributed by atoms with Crippen molar-refractivity contribution >= 4 is 22.8 Å². The fourth-order valence-corrected chi connectivity index (χ4v) is 4.82. The molecule has 2 aromatic carbocycles. The maximum absolute atomic E-state index is 13.0. The van der Waals surface area contributed by atoms with Gasteiger partial charge in [0.25, 0.3) is 5.91 Å². The minimum atomic E-state index is -0.255. The van der Waals surface area contributed by atoms with E-state index in [1.54, 1.807) is 11.0 Å². The Kier molecular flexibility index (Phi) is 7.03. The van der Waals surface area contributed by atoms with Crippen LogP contribution in [-0.4, -0.2) is 43.6 Å². The Morgan fingerprint density at radius 2 is 1.72 bits per heavy atom. The van der Waals surface area contributed by atoms with Crippen LogP contribution in [0.15, 0.2) is 72.6 Å². The van der Waals surface area contributed by atoms with Crippen molar-refractivity contribution in [2.45, 2.75) is 39.7 Å². The van der Waals surface area contributed by atoms with Gasteiger partial charge in [0, 0.05) is 18.7 Å². The zero-order chi connectivity index (χ0) is 27.6. The molecule has 1 amide bonds. The standard InChI is InChI=1S/C30H31N7O2/c1-30(2,3)17-21(18-31)29(38)36-15-13-22(14-16-36)37-28-25(27(32)33-19-34-28)26(35-37)20-9-11-24(12-10-20)39-23-7-5-4-6-8-23/h4-12,17,19,22H,13-16H2,1-3H3,(H2,32,33,34)/b21-17-. The van der Waals surface area contributed by atoms with Crippen molar-refractivity contribution in [2.24, 2.45) is 5.41 Å². The van der Waals surface area contributed by atoms with Gasteiger partial charge < -0.3 is 15.4 Å². The summed E-state index contributed by atoms with van der Waals surface area (Å²) >= 11 is 0. The Balaban J connectivity index is 1.38. The number of likely N-dealkylation sites (tertiary alicyclic amines) is 1. The van der Waals surface area contributed by atoms with Crippen molar-refractivity contribution in [1.82, 2.24) is 24.6 Å². The summed E-state index contributed by atoms with van der Waals surface area (Å²) < 4.78 is 7.84. The molecule has 2 N–H and O–H groups in total. The van der Waals surface area contributed by atoms with E-state index < -0.39 is 0 Å². The Bertz CT molecular complexity index is 1550. The second kappa shape index (κ2) is 10.6. The van der Waals surface area contributed by atoms with Gasteiger partial charge in [-0.3, -0.25) is 4.79 Å². The van der Waals surface area contributed by atoms with Gasteiger partial charge in [-0.2, -0.15) is 10.4 Å². The molecule has 1 aliphatic heterocycles. The zero-order valence-corrected chi connectivity index (χ0v) is 22.3. The average Bonchev–Trinajstić information content (AvgIpc) is 3.33. The van der Waals surface area contributed by atoms with E-state index in [9.17, 15) is 10.1 Å². The number of benzene rings is 2. The first-order chi connectivity index (χ1) is 18.7. The molecule has 2 aromatic heterocycles. The number of para-hydroxylation sites is 1. The lowest BCUT2D eigenvalue weighted by atomic mass is 9.93. The van der Waals surface area contributed by atoms with E-state index in [-0.39, 0.29) is 22.9 Å². The van der Waals surface area contributed by atoms with Gasteiger partial charge >= 0.3 is 0 Å². The third kappa shape index (κ3) is 5.60. The predicted octanol–water partition coefficient (Wildman–Crippen LogP) is 5.53. The summed E-state index contributed by atoms with van der Waals surface area (Å²) in [4.78, 5) is 23.5. The molecule has 0 atom stereocenters. The Labute approximate surface area is 227 Å². The molecule has 5 rings (SSSR count). The minimum absolute atomic E-state index is 0.0254. The van der Waals surface area contributed by atoms with Gasteiger partial charge in [-0.15, -0.1) is 0 Å². The number of nitrogen functional groups attached to an aromatic ring is 1. The average molecular weight is 522 g/mol. The number of amides is 1. The molecule has 198 valence electrons. The van der Waals surface area contributed by atoms with Crippen molar-refractivity contribution in [3.05, 3.63) is 72.6 Å². The quantitative estimate of drug-likeness (QED) is 0.271. The van der Waals surface area contributed by atoms with E-state index in [0.29, 0.717) is 54.2 Å². The fourth-order valence-electron chi connectivity index (χ4n) is 4.82. The largest absolute Gasteiger partial charge is 0.457 e. The summed E-state index contributed by atoms with van der Waals surface area (Å²) in [6, 6.07) is 19.4. The molecule has 0 spiro atoms. The number of carbonyl (C=O) groups excluding carboxylic acids is 1. The van der Waals surface area contributed by atoms with Crippen molar-refractivity contribution in [3.63, 3.8) is 0 Å². The molecule has 1 aliphatic rings. The summed E-state index contributed by atoms with van der Waals surface area (Å²) in [5, 5.41) is 15.2. The van der Waals surface area contributed by atoms with Gasteiger partial charge in [-0.25, -0.2) is 14.6 Å². The molecule has 0 bridgehead atoms. The number of hydrogen-bond donors (Lipinski definition) is 1. The highest BCUT2D eigenvalue weighted by Crippen LogP contribution is 2.35. The number of carbonyl (C=O) groups is 1. The lowest BCUT2D eigenvalue weighted by molar-refractivity contribution is -0.128. The van der Waals surface area contributed by atoms with Crippen LogP contribution < -0.4 is 10.5 Å². The summed E-state index contributed by atoms with van der Waals surface area (Å²) in [7, 11) is 0. The number of allylic oxidation sites excluding steroid dienone is 1. The number of nitrogens with zero attached hydrogens (tertiary/aromatic N) is 6. The van der Waals surface area contributed by atoms with Crippen molar-refractivity contribution in [1.29, 1.82) is 5.26 Å². The normalized spacial score (nSPS) is 14.8. The van der Waals surface area contributed by atoms with Crippen LogP contribution in [0.25, 0.3) is 22.3 Å². The summed E-state index contributed by atoms with van der Waals surface area (Å²) in [5.41, 5.74) is 8.48. The summed E-state index contributed by atoms with van der Waals surface area (Å²) in [6.45, 7) is 6.97. The number of anilines is 1. The SMILES string of the molecule is CC(C)(C)/C=C(/C#N)C(=O)N1CCC(n2nc(-c3ccc(Oc4ccccc4)cc3)c3c(N)ncnc32)CC1. The molecule has 0 saturated carbocycles. The third-order valence-electron chi connectivity index (χ3n) is 6.65. The van der Waals surface area contributed by atoms with Gasteiger partial charge in [0.15, 0.2) is 5.65 Å². The Hall–Kier alpha value is -4.71. The zero-order valence-electron chi connectivity index (χ0n) is 22.3. The molecule has 0 radical (unpaired) electrons. The van der Waals surface area contributed by atoms with Crippen LogP contribution in [0, 0.1) is 16.7 Å². The molecule has 0 aliphatic carbocycles. The van der Waals surface area contributed by atoms with Crippen molar-refractivity contribution in [3.8, 4) is 28.8 Å². The molecule has 9 heteroatoms. The lowest BCUT2D eigenvalue weighted by Gasteiger charge is -2.32. The first kappa shape index (κ1) is 25.9. The first-order valence-electron chi connectivity index (χ1n) is 13.0. The van der Waals surface area contributed by atoms with Crippen molar-refractivity contribution < 1.29 is 9.53 Å². The van der Waals surface area contributed by atoms with E-state index in [2.05, 4.69) is 16.0 Å². The highest BCUT2D eigenvalue weighted by Gasteiger charge is 2.29. The van der Waals surface area contributed by atoms with Crippen LogP contribution in [0.5, 0.6) is 11.5 Å². The maximum atomic E-state index is 13.0. The number of nitrogens with two attached hydrogens (primary N) is 1. The number of fused-ring (bicyclic) bond motifs is 1. The maximum Gasteiger partial charge on any atom is 0.264 e. The lowest BCUT2D eigenvalue weighted by Crippen LogP contribution is -2.40. The molecule has 1 saturated heterocycles. The van der Waals surface area contributed by atoms with Crippen LogP contribution in [0.4, 0.5) is 5.82 Å². The second-order valence-electron chi connectivity index (χ2n) is 10.7. The third-order valence-corrected chi connectivity index (χ3v) is 6.65. The van der Waals surface area contributed by atoms with Crippen LogP contribution in [0.3, 0.4) is 0 Å². The number of rotatable bonds is 5. The molecule has 39 heavy (non-hydrogen) atoms. The smallest absolute Gasteiger partial charge is 0.264 e. The van der Waals surface area contributed by atoms with Gasteiger partial charge in [-0.1, -0.05) is 45.0 Å². The van der Waals surface area contributed by atoms with E-state index in [4.69, 9.17) is 15.6 Å². The second-order valence-corrected chi connectivity index (χ2v) is 10.7. The molecule has 0 unspecified atom stereocenters. The van der Waals surface area contributed by atoms with Gasteiger partial charge in [0.1, 0.15) is 41.0 Å². The van der Waals surface area contributed by atoms with Gasteiger partial charge in [0.2, 0.25) is 0 Å². The van der Waals surface area contributed by atoms with E-state index in [1.165, 1.54) is 6.33 Å². The minimum Gasteiger partial charge on any atom is -0.457 e. The number of hydrogen-bond acceptors (Lipinski definition) is 7. The highest BCUT2D eigenvalue weighted by atomic mass is 16.5. The van der Waals surface area contributed by atoms with E-state index in [1.807, 2.05) is 80.1 Å². The predicted molar refractivity (Wildman–Crippen MR) is 150 cm³/mol. The Morgan fingerprint density at radius 1 is 1.05 bits per heavy atom.